The average Bonchev–Trinajstić information content (AvgIpc) is 3.43. The molecule has 3 fully saturated rings. The van der Waals surface area contributed by atoms with Gasteiger partial charge < -0.3 is 30.9 Å². The topological polar surface area (TPSA) is 148 Å². The number of benzene rings is 1. The number of anilines is 1. The second kappa shape index (κ2) is 13.8. The zero-order valence-corrected chi connectivity index (χ0v) is 25.9. The monoisotopic (exact) mass is 597 g/mol. The summed E-state index contributed by atoms with van der Waals surface area (Å²) >= 11 is 0. The van der Waals surface area contributed by atoms with E-state index in [0.29, 0.717) is 44.2 Å². The van der Waals surface area contributed by atoms with Gasteiger partial charge in [-0.05, 0) is 68.2 Å². The van der Waals surface area contributed by atoms with Crippen LogP contribution in [0, 0.1) is 11.8 Å². The minimum atomic E-state index is -1.25. The normalized spacial score (nSPS) is 27.1. The van der Waals surface area contributed by atoms with E-state index in [1.54, 1.807) is 12.1 Å². The van der Waals surface area contributed by atoms with Crippen molar-refractivity contribution >= 4 is 35.3 Å². The van der Waals surface area contributed by atoms with E-state index < -0.39 is 41.6 Å². The maximum atomic E-state index is 13.8. The number of fused-ring (bicyclic) bond motifs is 2. The van der Waals surface area contributed by atoms with Crippen molar-refractivity contribution in [3.05, 3.63) is 29.8 Å². The Bertz CT molecular complexity index is 1200. The molecule has 1 aromatic rings. The average molecular weight is 598 g/mol. The molecular weight excluding hydrogens is 550 g/mol. The molecule has 1 unspecified atom stereocenters. The number of nitrogens with zero attached hydrogens (tertiary/aromatic N) is 2. The van der Waals surface area contributed by atoms with Gasteiger partial charge in [0.2, 0.25) is 11.8 Å². The molecule has 0 radical (unpaired) electrons. The lowest BCUT2D eigenvalue weighted by Crippen LogP contribution is -2.58. The number of carbonyl (C=O) groups is 5. The van der Waals surface area contributed by atoms with E-state index >= 15 is 0 Å². The van der Waals surface area contributed by atoms with Crippen LogP contribution in [0.4, 0.5) is 10.5 Å². The number of aliphatic carboxylic acids is 1. The van der Waals surface area contributed by atoms with Crippen molar-refractivity contribution < 1.29 is 29.1 Å². The summed E-state index contributed by atoms with van der Waals surface area (Å²) in [5.74, 6) is -2.33. The number of carbonyl (C=O) groups excluding carboxylic acids is 4. The van der Waals surface area contributed by atoms with Gasteiger partial charge >= 0.3 is 12.0 Å². The fourth-order valence-corrected chi connectivity index (χ4v) is 6.46. The molecule has 0 bridgehead atoms. The third-order valence-corrected chi connectivity index (χ3v) is 9.22. The van der Waals surface area contributed by atoms with Gasteiger partial charge in [0.25, 0.3) is 0 Å². The Morgan fingerprint density at radius 3 is 2.26 bits per heavy atom. The number of carboxylic acid groups (broad SMARTS) is 1. The van der Waals surface area contributed by atoms with Gasteiger partial charge in [-0.25, -0.2) is 9.59 Å². The second-order valence-corrected chi connectivity index (χ2v) is 12.9. The first-order chi connectivity index (χ1) is 20.4. The van der Waals surface area contributed by atoms with Crippen LogP contribution in [-0.2, 0) is 14.4 Å². The smallest absolute Gasteiger partial charge is 0.329 e. The van der Waals surface area contributed by atoms with Crippen molar-refractivity contribution in [2.45, 2.75) is 102 Å². The van der Waals surface area contributed by atoms with Crippen molar-refractivity contribution in [1.82, 2.24) is 20.9 Å². The van der Waals surface area contributed by atoms with Crippen LogP contribution in [0.2, 0.25) is 0 Å². The van der Waals surface area contributed by atoms with Gasteiger partial charge in [0, 0.05) is 31.9 Å². The predicted octanol–water partition coefficient (Wildman–Crippen LogP) is 3.32. The second-order valence-electron chi connectivity index (χ2n) is 12.9. The maximum absolute atomic E-state index is 13.8. The van der Waals surface area contributed by atoms with E-state index in [-0.39, 0.29) is 23.5 Å². The fraction of sp³-hybridized carbons (Fsp3) is 0.656. The lowest BCUT2D eigenvalue weighted by Gasteiger charge is -2.30. The summed E-state index contributed by atoms with van der Waals surface area (Å²) in [7, 11) is 3.83. The molecule has 2 heterocycles. The quantitative estimate of drug-likeness (QED) is 0.353. The minimum Gasteiger partial charge on any atom is -0.479 e. The number of hydrogen-bond acceptors (Lipinski definition) is 6. The first-order valence-electron chi connectivity index (χ1n) is 15.7. The number of urea groups is 1. The molecule has 4 N–H and O–H groups in total. The summed E-state index contributed by atoms with van der Waals surface area (Å²) < 4.78 is 0. The van der Waals surface area contributed by atoms with Crippen LogP contribution in [0.1, 0.15) is 88.4 Å². The van der Waals surface area contributed by atoms with Gasteiger partial charge in [0.05, 0.1) is 6.04 Å². The third-order valence-electron chi connectivity index (χ3n) is 9.22. The Kier molecular flexibility index (Phi) is 10.3. The summed E-state index contributed by atoms with van der Waals surface area (Å²) in [6.07, 6.45) is 6.98. The lowest BCUT2D eigenvalue weighted by molar-refractivity contribution is -0.145. The lowest BCUT2D eigenvalue weighted by atomic mass is 9.95. The molecule has 1 aromatic carbocycles. The van der Waals surface area contributed by atoms with Gasteiger partial charge in [0.1, 0.15) is 17.6 Å². The van der Waals surface area contributed by atoms with Gasteiger partial charge in [-0.2, -0.15) is 0 Å². The number of rotatable bonds is 7. The highest BCUT2D eigenvalue weighted by Crippen LogP contribution is 2.47. The van der Waals surface area contributed by atoms with Gasteiger partial charge in [-0.3, -0.25) is 14.4 Å². The van der Waals surface area contributed by atoms with E-state index in [1.807, 2.05) is 45.0 Å². The fourth-order valence-electron chi connectivity index (χ4n) is 6.46. The standard InChI is InChI=1S/C32H47N5O6/c1-20(2)26(27(38)21-14-16-23(17-15-21)36(3)4)34-31(43)33-24-12-9-7-5-6-8-11-22-19-32(22,30(41)42)35-28(39)25-13-10-18-37(25)29(24)40/h14-17,20,22,24-26H,5-13,18-19H2,1-4H3,(H,35,39)(H,41,42)(H2,33,34,43)/t22?,24-,25-,26-,32+/m0/s1. The molecule has 11 heteroatoms. The molecule has 3 aliphatic rings. The van der Waals surface area contributed by atoms with Crippen LogP contribution in [0.25, 0.3) is 0 Å². The van der Waals surface area contributed by atoms with Crippen LogP contribution in [0.15, 0.2) is 24.3 Å². The van der Waals surface area contributed by atoms with Crippen molar-refractivity contribution in [3.63, 3.8) is 0 Å². The highest BCUT2D eigenvalue weighted by atomic mass is 16.4. The van der Waals surface area contributed by atoms with E-state index in [4.69, 9.17) is 0 Å². The molecule has 0 aromatic heterocycles. The Balaban J connectivity index is 1.48. The Hall–Kier alpha value is -3.63. The van der Waals surface area contributed by atoms with E-state index in [2.05, 4.69) is 16.0 Å². The number of carboxylic acids is 1. The molecular formula is C32H47N5O6. The number of amides is 4. The molecule has 5 atom stereocenters. The molecule has 11 nitrogen and oxygen atoms in total. The summed E-state index contributed by atoms with van der Waals surface area (Å²) in [6.45, 7) is 4.07. The van der Waals surface area contributed by atoms with Crippen LogP contribution < -0.4 is 20.9 Å². The highest BCUT2D eigenvalue weighted by molar-refractivity contribution is 6.02. The number of nitrogens with one attached hydrogen (secondary N) is 3. The van der Waals surface area contributed by atoms with Gasteiger partial charge in [0.15, 0.2) is 5.78 Å². The van der Waals surface area contributed by atoms with Gasteiger partial charge in [-0.1, -0.05) is 46.0 Å². The molecule has 4 amide bonds. The van der Waals surface area contributed by atoms with Crippen molar-refractivity contribution in [2.24, 2.45) is 11.8 Å². The van der Waals surface area contributed by atoms with Crippen LogP contribution >= 0.6 is 0 Å². The van der Waals surface area contributed by atoms with Gasteiger partial charge in [-0.15, -0.1) is 0 Å². The zero-order chi connectivity index (χ0) is 31.3. The molecule has 1 saturated carbocycles. The largest absolute Gasteiger partial charge is 0.479 e. The number of Topliss-reactive ketones (excluding diaryl/α,β-unsaturated/α-hetero) is 1. The minimum absolute atomic E-state index is 0.0923. The zero-order valence-electron chi connectivity index (χ0n) is 25.9. The van der Waals surface area contributed by atoms with E-state index in [9.17, 15) is 29.1 Å². The maximum Gasteiger partial charge on any atom is 0.329 e. The van der Waals surface area contributed by atoms with Crippen molar-refractivity contribution in [3.8, 4) is 0 Å². The Morgan fingerprint density at radius 1 is 0.977 bits per heavy atom. The van der Waals surface area contributed by atoms with Crippen LogP contribution in [-0.4, -0.2) is 83.9 Å². The summed E-state index contributed by atoms with van der Waals surface area (Å²) in [5.41, 5.74) is 0.185. The number of hydrogen-bond donors (Lipinski definition) is 4. The van der Waals surface area contributed by atoms with Crippen LogP contribution in [0.3, 0.4) is 0 Å². The van der Waals surface area contributed by atoms with Crippen molar-refractivity contribution in [1.29, 1.82) is 0 Å². The summed E-state index contributed by atoms with van der Waals surface area (Å²) in [6, 6.07) is 4.13. The predicted molar refractivity (Wildman–Crippen MR) is 163 cm³/mol. The molecule has 2 saturated heterocycles. The molecule has 4 rings (SSSR count). The molecule has 2 aliphatic heterocycles. The molecule has 236 valence electrons. The van der Waals surface area contributed by atoms with E-state index in [1.165, 1.54) is 4.90 Å². The third kappa shape index (κ3) is 7.48. The Labute approximate surface area is 254 Å². The highest BCUT2D eigenvalue weighted by Gasteiger charge is 2.61. The van der Waals surface area contributed by atoms with E-state index in [0.717, 1.165) is 37.8 Å². The first kappa shape index (κ1) is 32.3. The SMILES string of the molecule is CC(C)[C@H](NC(=O)N[C@H]1CCCCCCCC2C[C@@]2(C(=O)O)NC(=O)[C@@H]2CCCN2C1=O)C(=O)c1ccc(N(C)C)cc1. The Morgan fingerprint density at radius 2 is 1.63 bits per heavy atom. The molecule has 1 aliphatic carbocycles. The molecule has 43 heavy (non-hydrogen) atoms. The first-order valence-corrected chi connectivity index (χ1v) is 15.7. The number of ketones is 1. The molecule has 0 spiro atoms. The van der Waals surface area contributed by atoms with Crippen molar-refractivity contribution in [2.75, 3.05) is 25.5 Å². The summed E-state index contributed by atoms with van der Waals surface area (Å²) in [4.78, 5) is 69.4. The van der Waals surface area contributed by atoms with Crippen LogP contribution in [0.5, 0.6) is 0 Å². The summed E-state index contributed by atoms with van der Waals surface area (Å²) in [5, 5.41) is 18.3.